The van der Waals surface area contributed by atoms with E-state index in [9.17, 15) is 4.79 Å². The highest BCUT2D eigenvalue weighted by atomic mass is 16.5. The van der Waals surface area contributed by atoms with Crippen LogP contribution in [-0.4, -0.2) is 29.3 Å². The molecule has 0 unspecified atom stereocenters. The van der Waals surface area contributed by atoms with E-state index in [0.29, 0.717) is 29.8 Å². The third-order valence-electron chi connectivity index (χ3n) is 4.61. The molecule has 0 saturated heterocycles. The van der Waals surface area contributed by atoms with Gasteiger partial charge in [-0.1, -0.05) is 35.5 Å². The van der Waals surface area contributed by atoms with Gasteiger partial charge >= 0.3 is 0 Å². The largest absolute Gasteiger partial charge is 0.490 e. The van der Waals surface area contributed by atoms with E-state index in [1.165, 1.54) is 0 Å². The summed E-state index contributed by atoms with van der Waals surface area (Å²) in [4.78, 5) is 16.8. The molecule has 1 amide bonds. The molecule has 0 radical (unpaired) electrons. The fourth-order valence-electron chi connectivity index (χ4n) is 3.14. The maximum absolute atomic E-state index is 12.3. The van der Waals surface area contributed by atoms with Gasteiger partial charge in [-0.15, -0.1) is 0 Å². The van der Waals surface area contributed by atoms with Gasteiger partial charge in [0, 0.05) is 16.8 Å². The quantitative estimate of drug-likeness (QED) is 0.418. The standard InChI is InChI=1S/C25H23N3O4/c1-3-30-22-15-19(24-27-25(32-28-24)18-9-5-4-6-10-18)12-13-21(22)31-16-23(29)26-20-11-7-8-17(2)14-20/h4-15H,3,16H2,1-2H3,(H,26,29). The van der Waals surface area contributed by atoms with Crippen molar-refractivity contribution in [1.29, 1.82) is 0 Å². The first-order valence-corrected chi connectivity index (χ1v) is 10.3. The van der Waals surface area contributed by atoms with Crippen molar-refractivity contribution in [2.45, 2.75) is 13.8 Å². The van der Waals surface area contributed by atoms with Crippen LogP contribution in [0.5, 0.6) is 11.5 Å². The van der Waals surface area contributed by atoms with Crippen LogP contribution >= 0.6 is 0 Å². The molecule has 0 aliphatic heterocycles. The van der Waals surface area contributed by atoms with Crippen molar-refractivity contribution in [1.82, 2.24) is 10.1 Å². The first kappa shape index (κ1) is 21.1. The van der Waals surface area contributed by atoms with Crippen molar-refractivity contribution in [2.24, 2.45) is 0 Å². The Bertz CT molecular complexity index is 1200. The number of aryl methyl sites for hydroxylation is 1. The highest BCUT2D eigenvalue weighted by molar-refractivity contribution is 5.92. The highest BCUT2D eigenvalue weighted by Gasteiger charge is 2.15. The van der Waals surface area contributed by atoms with Gasteiger partial charge in [0.05, 0.1) is 6.61 Å². The van der Waals surface area contributed by atoms with Crippen LogP contribution in [-0.2, 0) is 4.79 Å². The van der Waals surface area contributed by atoms with Crippen LogP contribution in [0.25, 0.3) is 22.8 Å². The molecule has 7 heteroatoms. The third-order valence-corrected chi connectivity index (χ3v) is 4.61. The lowest BCUT2D eigenvalue weighted by Gasteiger charge is -2.13. The summed E-state index contributed by atoms with van der Waals surface area (Å²) in [5.41, 5.74) is 3.35. The van der Waals surface area contributed by atoms with Crippen molar-refractivity contribution in [3.8, 4) is 34.3 Å². The number of carbonyl (C=O) groups is 1. The molecule has 0 atom stereocenters. The van der Waals surface area contributed by atoms with Gasteiger partial charge in [-0.2, -0.15) is 4.98 Å². The van der Waals surface area contributed by atoms with Crippen molar-refractivity contribution < 1.29 is 18.8 Å². The normalized spacial score (nSPS) is 10.6. The number of ether oxygens (including phenoxy) is 2. The number of amides is 1. The molecule has 0 saturated carbocycles. The Labute approximate surface area is 186 Å². The Morgan fingerprint density at radius 2 is 1.78 bits per heavy atom. The van der Waals surface area contributed by atoms with Crippen LogP contribution in [0.2, 0.25) is 0 Å². The average molecular weight is 429 g/mol. The molecule has 3 aromatic carbocycles. The zero-order valence-corrected chi connectivity index (χ0v) is 17.9. The minimum atomic E-state index is -0.257. The second kappa shape index (κ2) is 9.78. The van der Waals surface area contributed by atoms with Crippen LogP contribution < -0.4 is 14.8 Å². The van der Waals surface area contributed by atoms with E-state index < -0.39 is 0 Å². The van der Waals surface area contributed by atoms with E-state index in [0.717, 1.165) is 22.4 Å². The summed E-state index contributed by atoms with van der Waals surface area (Å²) >= 11 is 0. The van der Waals surface area contributed by atoms with Gasteiger partial charge < -0.3 is 19.3 Å². The molecule has 7 nitrogen and oxygen atoms in total. The lowest BCUT2D eigenvalue weighted by molar-refractivity contribution is -0.118. The molecule has 1 aromatic heterocycles. The number of nitrogens with zero attached hydrogens (tertiary/aromatic N) is 2. The Balaban J connectivity index is 1.47. The van der Waals surface area contributed by atoms with E-state index in [1.54, 1.807) is 18.2 Å². The molecule has 4 aromatic rings. The monoisotopic (exact) mass is 429 g/mol. The SMILES string of the molecule is CCOc1cc(-c2noc(-c3ccccc3)n2)ccc1OCC(=O)Nc1cccc(C)c1. The van der Waals surface area contributed by atoms with Crippen molar-refractivity contribution in [2.75, 3.05) is 18.5 Å². The van der Waals surface area contributed by atoms with Gasteiger partial charge in [0.2, 0.25) is 5.82 Å². The first-order chi connectivity index (χ1) is 15.6. The Kier molecular flexibility index (Phi) is 6.46. The predicted molar refractivity (Wildman–Crippen MR) is 122 cm³/mol. The summed E-state index contributed by atoms with van der Waals surface area (Å²) in [5.74, 6) is 1.58. The number of benzene rings is 3. The number of hydrogen-bond acceptors (Lipinski definition) is 6. The Morgan fingerprint density at radius 1 is 0.938 bits per heavy atom. The van der Waals surface area contributed by atoms with Gasteiger partial charge in [-0.25, -0.2) is 0 Å². The van der Waals surface area contributed by atoms with E-state index in [-0.39, 0.29) is 12.5 Å². The highest BCUT2D eigenvalue weighted by Crippen LogP contribution is 2.32. The van der Waals surface area contributed by atoms with Crippen LogP contribution in [0.4, 0.5) is 5.69 Å². The fraction of sp³-hybridized carbons (Fsp3) is 0.160. The van der Waals surface area contributed by atoms with E-state index >= 15 is 0 Å². The van der Waals surface area contributed by atoms with E-state index in [2.05, 4.69) is 15.5 Å². The Hall–Kier alpha value is -4.13. The average Bonchev–Trinajstić information content (AvgIpc) is 3.29. The Morgan fingerprint density at radius 3 is 2.56 bits per heavy atom. The lowest BCUT2D eigenvalue weighted by Crippen LogP contribution is -2.20. The number of anilines is 1. The van der Waals surface area contributed by atoms with Crippen LogP contribution in [0, 0.1) is 6.92 Å². The molecule has 32 heavy (non-hydrogen) atoms. The van der Waals surface area contributed by atoms with Gasteiger partial charge in [-0.3, -0.25) is 4.79 Å². The van der Waals surface area contributed by atoms with Crippen LogP contribution in [0.3, 0.4) is 0 Å². The molecule has 1 N–H and O–H groups in total. The number of nitrogens with one attached hydrogen (secondary N) is 1. The van der Waals surface area contributed by atoms with Crippen LogP contribution in [0.1, 0.15) is 12.5 Å². The van der Waals surface area contributed by atoms with Gasteiger partial charge in [-0.05, 0) is 61.9 Å². The molecular weight excluding hydrogens is 406 g/mol. The fourth-order valence-corrected chi connectivity index (χ4v) is 3.14. The lowest BCUT2D eigenvalue weighted by atomic mass is 10.2. The summed E-state index contributed by atoms with van der Waals surface area (Å²) in [6, 6.07) is 22.5. The first-order valence-electron chi connectivity index (χ1n) is 10.3. The second-order valence-corrected chi connectivity index (χ2v) is 7.09. The summed E-state index contributed by atoms with van der Waals surface area (Å²) < 4.78 is 16.8. The summed E-state index contributed by atoms with van der Waals surface area (Å²) in [6.07, 6.45) is 0. The van der Waals surface area contributed by atoms with Crippen molar-refractivity contribution >= 4 is 11.6 Å². The maximum atomic E-state index is 12.3. The van der Waals surface area contributed by atoms with E-state index in [4.69, 9.17) is 14.0 Å². The molecular formula is C25H23N3O4. The minimum absolute atomic E-state index is 0.145. The molecule has 4 rings (SSSR count). The molecule has 0 spiro atoms. The van der Waals surface area contributed by atoms with Crippen molar-refractivity contribution in [3.05, 3.63) is 78.4 Å². The zero-order chi connectivity index (χ0) is 22.3. The minimum Gasteiger partial charge on any atom is -0.490 e. The molecule has 162 valence electrons. The number of aromatic nitrogens is 2. The molecule has 0 fully saturated rings. The van der Waals surface area contributed by atoms with Gasteiger partial charge in [0.1, 0.15) is 0 Å². The topological polar surface area (TPSA) is 86.5 Å². The van der Waals surface area contributed by atoms with Crippen molar-refractivity contribution in [3.63, 3.8) is 0 Å². The van der Waals surface area contributed by atoms with Gasteiger partial charge in [0.15, 0.2) is 18.1 Å². The third kappa shape index (κ3) is 5.13. The summed E-state index contributed by atoms with van der Waals surface area (Å²) in [6.45, 7) is 4.14. The molecule has 1 heterocycles. The maximum Gasteiger partial charge on any atom is 0.262 e. The van der Waals surface area contributed by atoms with Crippen LogP contribution in [0.15, 0.2) is 77.3 Å². The van der Waals surface area contributed by atoms with E-state index in [1.807, 2.05) is 68.4 Å². The molecule has 0 aliphatic rings. The smallest absolute Gasteiger partial charge is 0.262 e. The predicted octanol–water partition coefficient (Wildman–Crippen LogP) is 5.13. The second-order valence-electron chi connectivity index (χ2n) is 7.09. The number of rotatable bonds is 8. The summed E-state index contributed by atoms with van der Waals surface area (Å²) in [5, 5.41) is 6.90. The molecule has 0 bridgehead atoms. The summed E-state index contributed by atoms with van der Waals surface area (Å²) in [7, 11) is 0. The van der Waals surface area contributed by atoms with Gasteiger partial charge in [0.25, 0.3) is 11.8 Å². The number of carbonyl (C=O) groups excluding carboxylic acids is 1. The number of hydrogen-bond donors (Lipinski definition) is 1. The zero-order valence-electron chi connectivity index (χ0n) is 17.9. The molecule has 0 aliphatic carbocycles.